The molecule has 330 valence electrons. The number of hydrogen-bond acceptors (Lipinski definition) is 12. The first-order valence-electron chi connectivity index (χ1n) is 21.5. The highest BCUT2D eigenvalue weighted by molar-refractivity contribution is 5.86. The molecular formula is C46H69NO12. The first kappa shape index (κ1) is 45.6. The Bertz CT molecular complexity index is 1770. The normalized spacial score (nSPS) is 38.8. The predicted molar refractivity (Wildman–Crippen MR) is 217 cm³/mol. The summed E-state index contributed by atoms with van der Waals surface area (Å²) in [5.41, 5.74) is -2.27. The lowest BCUT2D eigenvalue weighted by Crippen LogP contribution is -2.62. The molecule has 1 aromatic carbocycles. The van der Waals surface area contributed by atoms with E-state index < -0.39 is 101 Å². The van der Waals surface area contributed by atoms with E-state index in [0.29, 0.717) is 31.2 Å². The Morgan fingerprint density at radius 1 is 0.932 bits per heavy atom. The van der Waals surface area contributed by atoms with Crippen LogP contribution in [0.1, 0.15) is 131 Å². The lowest BCUT2D eigenvalue weighted by molar-refractivity contribution is -0.251. The van der Waals surface area contributed by atoms with E-state index in [4.69, 9.17) is 14.2 Å². The molecule has 0 radical (unpaired) electrons. The average molecular weight is 828 g/mol. The highest BCUT2D eigenvalue weighted by Gasteiger charge is 2.68. The zero-order valence-corrected chi connectivity index (χ0v) is 36.4. The molecule has 1 aliphatic heterocycles. The third-order valence-corrected chi connectivity index (χ3v) is 16.1. The van der Waals surface area contributed by atoms with Crippen LogP contribution in [0.25, 0.3) is 0 Å². The van der Waals surface area contributed by atoms with Crippen LogP contribution in [0.5, 0.6) is 0 Å². The van der Waals surface area contributed by atoms with Gasteiger partial charge in [0.2, 0.25) is 5.91 Å². The first-order valence-corrected chi connectivity index (χ1v) is 21.5. The summed E-state index contributed by atoms with van der Waals surface area (Å²) >= 11 is 0. The van der Waals surface area contributed by atoms with Crippen LogP contribution in [-0.2, 0) is 28.6 Å². The molecule has 0 bridgehead atoms. The molecule has 3 fully saturated rings. The summed E-state index contributed by atoms with van der Waals surface area (Å²) < 4.78 is 16.9. The molecule has 5 aliphatic rings. The largest absolute Gasteiger partial charge is 0.467 e. The second-order valence-corrected chi connectivity index (χ2v) is 20.6. The van der Waals surface area contributed by atoms with Gasteiger partial charge in [0.15, 0.2) is 12.3 Å². The van der Waals surface area contributed by atoms with Gasteiger partial charge in [-0.15, -0.1) is 0 Å². The minimum Gasteiger partial charge on any atom is -0.467 e. The minimum atomic E-state index is -1.90. The van der Waals surface area contributed by atoms with Crippen molar-refractivity contribution < 1.29 is 59.2 Å². The van der Waals surface area contributed by atoms with E-state index in [0.717, 1.165) is 38.4 Å². The molecule has 59 heavy (non-hydrogen) atoms. The Kier molecular flexibility index (Phi) is 12.4. The summed E-state index contributed by atoms with van der Waals surface area (Å²) in [6.07, 6.45) is -1.48. The van der Waals surface area contributed by atoms with Crippen LogP contribution in [0.4, 0.5) is 0 Å². The number of carbonyl (C=O) groups is 3. The molecule has 4 aliphatic carbocycles. The van der Waals surface area contributed by atoms with Gasteiger partial charge in [0, 0.05) is 11.3 Å². The molecule has 1 saturated heterocycles. The van der Waals surface area contributed by atoms with Crippen molar-refractivity contribution in [3.8, 4) is 0 Å². The maximum absolute atomic E-state index is 13.6. The summed E-state index contributed by atoms with van der Waals surface area (Å²) in [7, 11) is 1.13. The molecule has 7 N–H and O–H groups in total. The predicted octanol–water partition coefficient (Wildman–Crippen LogP) is 4.40. The van der Waals surface area contributed by atoms with Crippen molar-refractivity contribution in [3.63, 3.8) is 0 Å². The number of rotatable bonds is 11. The van der Waals surface area contributed by atoms with Gasteiger partial charge in [-0.2, -0.15) is 0 Å². The standard InChI is InChI=1S/C46H69NO12/c1-41(2)31-17-16-28-29(21-32(48)46(8)27(19-20-45(28,46)7)26-15-18-33(42(3,4)55)59-39(26)53)44(31,6)22-30(38(41)52)58-35(50)24-43(5,56)23-34(49)47-36(40(54)57-9)37(51)25-13-11-10-12-14-25/h10-14,26-27,30-33,36-39,48,51-53,55-56H,15-24H2,1-9H3,(H,47,49)/t26-,27-,30-,31+,32+,33-,36?,37?,38+,39?,43?,44-,45+,46+/m1/s1. The second kappa shape index (κ2) is 16.1. The smallest absolute Gasteiger partial charge is 0.331 e. The number of ether oxygens (including phenoxy) is 3. The number of carbonyl (C=O) groups excluding carboxylic acids is 3. The van der Waals surface area contributed by atoms with Crippen LogP contribution in [0.15, 0.2) is 41.5 Å². The van der Waals surface area contributed by atoms with Gasteiger partial charge in [-0.3, -0.25) is 9.59 Å². The van der Waals surface area contributed by atoms with Gasteiger partial charge in [-0.1, -0.05) is 76.1 Å². The lowest BCUT2D eigenvalue weighted by Gasteiger charge is -2.64. The Morgan fingerprint density at radius 2 is 1.59 bits per heavy atom. The second-order valence-electron chi connectivity index (χ2n) is 20.6. The van der Waals surface area contributed by atoms with Crippen molar-refractivity contribution in [2.24, 2.45) is 39.4 Å². The molecule has 13 nitrogen and oxygen atoms in total. The van der Waals surface area contributed by atoms with E-state index in [1.165, 1.54) is 12.5 Å². The van der Waals surface area contributed by atoms with Crippen LogP contribution < -0.4 is 5.32 Å². The number of fused-ring (bicyclic) bond motifs is 4. The average Bonchev–Trinajstić information content (AvgIpc) is 3.43. The quantitative estimate of drug-likeness (QED) is 0.122. The van der Waals surface area contributed by atoms with E-state index >= 15 is 0 Å². The summed E-state index contributed by atoms with van der Waals surface area (Å²) in [6, 6.07) is 6.82. The van der Waals surface area contributed by atoms with Crippen molar-refractivity contribution in [1.29, 1.82) is 0 Å². The Hall–Kier alpha value is -2.91. The number of esters is 2. The molecule has 6 rings (SSSR count). The number of benzene rings is 1. The molecule has 0 aromatic heterocycles. The van der Waals surface area contributed by atoms with E-state index in [-0.39, 0.29) is 23.2 Å². The summed E-state index contributed by atoms with van der Waals surface area (Å²) in [4.78, 5) is 39.4. The zero-order valence-electron chi connectivity index (χ0n) is 36.4. The summed E-state index contributed by atoms with van der Waals surface area (Å²) in [5.74, 6) is -2.65. The van der Waals surface area contributed by atoms with Crippen LogP contribution in [-0.4, -0.2) is 104 Å². The van der Waals surface area contributed by atoms with Gasteiger partial charge < -0.3 is 50.2 Å². The Labute approximate surface area is 348 Å². The Balaban J connectivity index is 1.18. The fraction of sp³-hybridized carbons (Fsp3) is 0.761. The number of aliphatic hydroxyl groups excluding tert-OH is 4. The number of hydrogen-bond donors (Lipinski definition) is 7. The van der Waals surface area contributed by atoms with E-state index in [9.17, 15) is 45.0 Å². The Morgan fingerprint density at radius 3 is 2.20 bits per heavy atom. The summed E-state index contributed by atoms with van der Waals surface area (Å²) in [5, 5.41) is 70.7. The third-order valence-electron chi connectivity index (χ3n) is 16.1. The van der Waals surface area contributed by atoms with Crippen LogP contribution >= 0.6 is 0 Å². The maximum Gasteiger partial charge on any atom is 0.331 e. The van der Waals surface area contributed by atoms with Crippen molar-refractivity contribution >= 4 is 17.8 Å². The van der Waals surface area contributed by atoms with Crippen LogP contribution in [0, 0.1) is 39.4 Å². The molecule has 13 heteroatoms. The highest BCUT2D eigenvalue weighted by Crippen LogP contribution is 2.73. The van der Waals surface area contributed by atoms with Crippen molar-refractivity contribution in [1.82, 2.24) is 5.32 Å². The SMILES string of the molecule is COC(=O)C(NC(=O)CC(C)(O)CC(=O)O[C@@H]1C[C@]2(C)C3=C(CC[C@H]2C(C)(C)[C@H]1O)[C@]1(C)CC[C@H]([C@H]2CC[C@H](C(C)(C)O)OC2O)[C@@]1(C)[C@@H](O)C3)C(O)c1ccccc1. The van der Waals surface area contributed by atoms with Gasteiger partial charge >= 0.3 is 11.9 Å². The zero-order chi connectivity index (χ0) is 43.7. The monoisotopic (exact) mass is 827 g/mol. The molecule has 4 unspecified atom stereocenters. The molecular weight excluding hydrogens is 759 g/mol. The molecule has 1 heterocycles. The lowest BCUT2D eigenvalue weighted by atomic mass is 9.42. The van der Waals surface area contributed by atoms with Crippen molar-refractivity contribution in [2.75, 3.05) is 7.11 Å². The molecule has 2 saturated carbocycles. The van der Waals surface area contributed by atoms with Gasteiger partial charge in [0.1, 0.15) is 12.2 Å². The molecule has 14 atom stereocenters. The van der Waals surface area contributed by atoms with Gasteiger partial charge in [0.25, 0.3) is 0 Å². The van der Waals surface area contributed by atoms with E-state index in [1.807, 2.05) is 13.8 Å². The fourth-order valence-electron chi connectivity index (χ4n) is 12.8. The minimum absolute atomic E-state index is 0.00619. The van der Waals surface area contributed by atoms with Crippen LogP contribution in [0.2, 0.25) is 0 Å². The van der Waals surface area contributed by atoms with Crippen molar-refractivity contribution in [2.45, 2.75) is 174 Å². The highest BCUT2D eigenvalue weighted by atomic mass is 16.6. The van der Waals surface area contributed by atoms with Gasteiger partial charge in [-0.05, 0) is 106 Å². The number of nitrogens with one attached hydrogen (secondary N) is 1. The topological polar surface area (TPSA) is 212 Å². The number of allylic oxidation sites excluding steroid dienone is 1. The number of aliphatic hydroxyl groups is 6. The van der Waals surface area contributed by atoms with Gasteiger partial charge in [0.05, 0.1) is 49.5 Å². The molecule has 1 amide bonds. The molecule has 1 aromatic rings. The van der Waals surface area contributed by atoms with E-state index in [1.54, 1.807) is 44.2 Å². The number of methoxy groups -OCH3 is 1. The van der Waals surface area contributed by atoms with Crippen LogP contribution in [0.3, 0.4) is 0 Å². The third kappa shape index (κ3) is 8.03. The van der Waals surface area contributed by atoms with Gasteiger partial charge in [-0.25, -0.2) is 4.79 Å². The maximum atomic E-state index is 13.6. The van der Waals surface area contributed by atoms with E-state index in [2.05, 4.69) is 26.1 Å². The van der Waals surface area contributed by atoms with Crippen molar-refractivity contribution in [3.05, 3.63) is 47.0 Å². The molecule has 0 spiro atoms. The summed E-state index contributed by atoms with van der Waals surface area (Å²) in [6.45, 7) is 15.3. The first-order chi connectivity index (χ1) is 27.3. The number of amides is 1. The fourth-order valence-corrected chi connectivity index (χ4v) is 12.8.